The summed E-state index contributed by atoms with van der Waals surface area (Å²) in [7, 11) is -2.49. The van der Waals surface area contributed by atoms with Gasteiger partial charge in [0.2, 0.25) is 10.0 Å². The van der Waals surface area contributed by atoms with Crippen molar-refractivity contribution < 1.29 is 17.9 Å². The molecule has 0 aliphatic carbocycles. The number of methoxy groups -OCH3 is 1. The van der Waals surface area contributed by atoms with E-state index in [2.05, 4.69) is 30.3 Å². The number of aryl methyl sites for hydroxylation is 1. The molecule has 2 heterocycles. The highest BCUT2D eigenvalue weighted by molar-refractivity contribution is 7.89. The van der Waals surface area contributed by atoms with Gasteiger partial charge in [-0.1, -0.05) is 6.07 Å². The summed E-state index contributed by atoms with van der Waals surface area (Å²) in [5.74, 6) is 1.67. The predicted octanol–water partition coefficient (Wildman–Crippen LogP) is 1.42. The number of anilines is 3. The molecule has 0 aliphatic heterocycles. The number of ether oxygens (including phenoxy) is 1. The molecule has 0 saturated heterocycles. The molecule has 0 radical (unpaired) electrons. The van der Waals surface area contributed by atoms with Crippen LogP contribution in [0.1, 0.15) is 16.2 Å². The van der Waals surface area contributed by atoms with Crippen molar-refractivity contribution in [2.45, 2.75) is 11.8 Å². The highest BCUT2D eigenvalue weighted by Gasteiger charge is 2.18. The maximum atomic E-state index is 12.6. The molecule has 3 aromatic rings. The molecule has 32 heavy (non-hydrogen) atoms. The molecule has 11 nitrogen and oxygen atoms in total. The fourth-order valence-corrected chi connectivity index (χ4v) is 3.85. The van der Waals surface area contributed by atoms with Crippen molar-refractivity contribution in [1.29, 1.82) is 0 Å². The summed E-state index contributed by atoms with van der Waals surface area (Å²) in [5, 5.41) is 6.13. The lowest BCUT2D eigenvalue weighted by Gasteiger charge is -2.12. The Kier molecular flexibility index (Phi) is 7.18. The molecule has 2 aromatic heterocycles. The normalized spacial score (nSPS) is 11.1. The summed E-state index contributed by atoms with van der Waals surface area (Å²) in [6.45, 7) is 2.08. The number of amides is 1. The average molecular weight is 458 g/mol. The smallest absolute Gasteiger partial charge is 0.252 e. The number of rotatable bonds is 10. The van der Waals surface area contributed by atoms with Crippen molar-refractivity contribution in [2.75, 3.05) is 30.8 Å². The predicted molar refractivity (Wildman–Crippen MR) is 119 cm³/mol. The van der Waals surface area contributed by atoms with Crippen molar-refractivity contribution in [3.8, 4) is 5.75 Å². The third-order valence-corrected chi connectivity index (χ3v) is 5.69. The zero-order valence-electron chi connectivity index (χ0n) is 17.5. The molecular weight excluding hydrogens is 434 g/mol. The van der Waals surface area contributed by atoms with Gasteiger partial charge in [0, 0.05) is 25.4 Å². The molecular formula is C20H23N7O4S. The van der Waals surface area contributed by atoms with Crippen LogP contribution in [-0.4, -0.2) is 49.5 Å². The Balaban J connectivity index is 1.61. The van der Waals surface area contributed by atoms with Gasteiger partial charge in [0.15, 0.2) is 0 Å². The second-order valence-corrected chi connectivity index (χ2v) is 8.34. The first-order valence-corrected chi connectivity index (χ1v) is 11.0. The zero-order valence-corrected chi connectivity index (χ0v) is 18.3. The van der Waals surface area contributed by atoms with Crippen molar-refractivity contribution in [3.63, 3.8) is 0 Å². The van der Waals surface area contributed by atoms with Crippen LogP contribution in [0, 0.1) is 6.92 Å². The molecule has 1 amide bonds. The summed E-state index contributed by atoms with van der Waals surface area (Å²) in [4.78, 5) is 24.2. The van der Waals surface area contributed by atoms with Gasteiger partial charge >= 0.3 is 0 Å². The highest BCUT2D eigenvalue weighted by atomic mass is 32.2. The summed E-state index contributed by atoms with van der Waals surface area (Å²) < 4.78 is 32.6. The van der Waals surface area contributed by atoms with Gasteiger partial charge < -0.3 is 21.1 Å². The van der Waals surface area contributed by atoms with Gasteiger partial charge in [-0.3, -0.25) is 4.79 Å². The molecule has 0 unspecified atom stereocenters. The Labute approximate surface area is 185 Å². The number of benzene rings is 1. The Morgan fingerprint density at radius 2 is 1.84 bits per heavy atom. The number of sulfonamides is 1. The van der Waals surface area contributed by atoms with Crippen LogP contribution in [0.5, 0.6) is 5.75 Å². The molecule has 3 rings (SSSR count). The van der Waals surface area contributed by atoms with Gasteiger partial charge in [0.05, 0.1) is 17.6 Å². The molecule has 12 heteroatoms. The van der Waals surface area contributed by atoms with Crippen LogP contribution >= 0.6 is 0 Å². The highest BCUT2D eigenvalue weighted by Crippen LogP contribution is 2.22. The number of pyridine rings is 1. The van der Waals surface area contributed by atoms with E-state index in [0.717, 1.165) is 0 Å². The van der Waals surface area contributed by atoms with Gasteiger partial charge in [-0.2, -0.15) is 0 Å². The van der Waals surface area contributed by atoms with E-state index in [1.807, 2.05) is 18.2 Å². The van der Waals surface area contributed by atoms with E-state index < -0.39 is 15.9 Å². The summed E-state index contributed by atoms with van der Waals surface area (Å²) in [5.41, 5.74) is 5.28. The van der Waals surface area contributed by atoms with Gasteiger partial charge in [0.1, 0.15) is 29.0 Å². The van der Waals surface area contributed by atoms with Crippen LogP contribution < -0.4 is 25.8 Å². The zero-order chi connectivity index (χ0) is 23.1. The van der Waals surface area contributed by atoms with E-state index in [4.69, 9.17) is 10.5 Å². The molecule has 0 saturated carbocycles. The topological polar surface area (TPSA) is 161 Å². The van der Waals surface area contributed by atoms with Crippen LogP contribution in [0.4, 0.5) is 17.5 Å². The second kappa shape index (κ2) is 10.0. The molecule has 5 N–H and O–H groups in total. The number of primary amides is 1. The maximum Gasteiger partial charge on any atom is 0.252 e. The SMILES string of the molecule is COc1ccc(S(=O)(=O)NCCNc2cc(Nc3ccccn3)nc(C)n2)cc1C(N)=O. The standard InChI is InChI=1S/C20H23N7O4S/c1-13-25-18(12-19(26-13)27-17-5-3-4-8-22-17)23-9-10-24-32(29,30)14-6-7-16(31-2)15(11-14)20(21)28/h3-8,11-12,24H,9-10H2,1-2H3,(H2,21,28)(H2,22,23,25,26,27). The van der Waals surface area contributed by atoms with Gasteiger partial charge in [0.25, 0.3) is 5.91 Å². The molecule has 0 bridgehead atoms. The van der Waals surface area contributed by atoms with Crippen LogP contribution in [0.25, 0.3) is 0 Å². The van der Waals surface area contributed by atoms with Crippen LogP contribution in [0.2, 0.25) is 0 Å². The number of nitrogens with zero attached hydrogens (tertiary/aromatic N) is 3. The van der Waals surface area contributed by atoms with Crippen LogP contribution in [0.15, 0.2) is 53.6 Å². The lowest BCUT2D eigenvalue weighted by Crippen LogP contribution is -2.29. The van der Waals surface area contributed by atoms with Crippen molar-refractivity contribution in [1.82, 2.24) is 19.7 Å². The summed E-state index contributed by atoms with van der Waals surface area (Å²) >= 11 is 0. The molecule has 0 aliphatic rings. The number of nitrogens with one attached hydrogen (secondary N) is 3. The second-order valence-electron chi connectivity index (χ2n) is 6.58. The number of carbonyl (C=O) groups excluding carboxylic acids is 1. The molecule has 1 aromatic carbocycles. The van der Waals surface area contributed by atoms with E-state index in [9.17, 15) is 13.2 Å². The monoisotopic (exact) mass is 457 g/mol. The first-order valence-electron chi connectivity index (χ1n) is 9.53. The van der Waals surface area contributed by atoms with Crippen LogP contribution in [0.3, 0.4) is 0 Å². The Morgan fingerprint density at radius 3 is 2.53 bits per heavy atom. The minimum atomic E-state index is -3.86. The first kappa shape index (κ1) is 22.9. The van der Waals surface area contributed by atoms with E-state index >= 15 is 0 Å². The minimum absolute atomic E-state index is 0.0158. The fourth-order valence-electron chi connectivity index (χ4n) is 2.80. The summed E-state index contributed by atoms with van der Waals surface area (Å²) in [6.07, 6.45) is 1.66. The lowest BCUT2D eigenvalue weighted by molar-refractivity contribution is 0.0997. The van der Waals surface area contributed by atoms with Crippen molar-refractivity contribution in [3.05, 3.63) is 60.0 Å². The third kappa shape index (κ3) is 5.89. The van der Waals surface area contributed by atoms with E-state index in [1.54, 1.807) is 19.2 Å². The molecule has 0 fully saturated rings. The fraction of sp³-hybridized carbons (Fsp3) is 0.200. The Hall–Kier alpha value is -3.77. The van der Waals surface area contributed by atoms with E-state index in [-0.39, 0.29) is 29.3 Å². The third-order valence-electron chi connectivity index (χ3n) is 4.23. The average Bonchev–Trinajstić information content (AvgIpc) is 2.76. The molecule has 168 valence electrons. The van der Waals surface area contributed by atoms with Gasteiger partial charge in [-0.15, -0.1) is 0 Å². The quantitative estimate of drug-likeness (QED) is 0.330. The number of aromatic nitrogens is 3. The molecule has 0 atom stereocenters. The Morgan fingerprint density at radius 1 is 1.06 bits per heavy atom. The summed E-state index contributed by atoms with van der Waals surface area (Å²) in [6, 6.07) is 11.1. The van der Waals surface area contributed by atoms with Gasteiger partial charge in [-0.25, -0.2) is 28.1 Å². The minimum Gasteiger partial charge on any atom is -0.496 e. The van der Waals surface area contributed by atoms with E-state index in [1.165, 1.54) is 25.3 Å². The maximum absolute atomic E-state index is 12.6. The van der Waals surface area contributed by atoms with E-state index in [0.29, 0.717) is 23.3 Å². The van der Waals surface area contributed by atoms with Crippen molar-refractivity contribution in [2.24, 2.45) is 5.73 Å². The van der Waals surface area contributed by atoms with Crippen LogP contribution in [-0.2, 0) is 10.0 Å². The number of nitrogens with two attached hydrogens (primary N) is 1. The first-order chi connectivity index (χ1) is 15.3. The van der Waals surface area contributed by atoms with Crippen molar-refractivity contribution >= 4 is 33.4 Å². The number of hydrogen-bond donors (Lipinski definition) is 4. The lowest BCUT2D eigenvalue weighted by atomic mass is 10.2. The Bertz CT molecular complexity index is 1200. The number of hydrogen-bond acceptors (Lipinski definition) is 9. The van der Waals surface area contributed by atoms with Gasteiger partial charge in [-0.05, 0) is 37.3 Å². The molecule has 0 spiro atoms. The number of carbonyl (C=O) groups is 1. The largest absolute Gasteiger partial charge is 0.496 e.